The summed E-state index contributed by atoms with van der Waals surface area (Å²) in [4.78, 5) is 31.4. The van der Waals surface area contributed by atoms with Gasteiger partial charge in [-0.3, -0.25) is 19.9 Å². The van der Waals surface area contributed by atoms with Gasteiger partial charge in [0.2, 0.25) is 0 Å². The summed E-state index contributed by atoms with van der Waals surface area (Å²) >= 11 is 0. The number of hydrogen-bond acceptors (Lipinski definition) is 5. The Morgan fingerprint density at radius 3 is 2.88 bits per heavy atom. The predicted molar refractivity (Wildman–Crippen MR) is 88.9 cm³/mol. The minimum atomic E-state index is -0.447. The molecule has 8 heteroatoms. The summed E-state index contributed by atoms with van der Waals surface area (Å²) in [6.45, 7) is 1.84. The van der Waals surface area contributed by atoms with E-state index in [1.54, 1.807) is 36.3 Å². The van der Waals surface area contributed by atoms with Crippen molar-refractivity contribution in [3.63, 3.8) is 0 Å². The van der Waals surface area contributed by atoms with Crippen LogP contribution in [0.25, 0.3) is 11.0 Å². The van der Waals surface area contributed by atoms with Crippen LogP contribution >= 0.6 is 0 Å². The second kappa shape index (κ2) is 6.07. The molecule has 122 valence electrons. The fourth-order valence-electron chi connectivity index (χ4n) is 2.59. The van der Waals surface area contributed by atoms with Crippen LogP contribution in [0.2, 0.25) is 0 Å². The van der Waals surface area contributed by atoms with Gasteiger partial charge in [0.1, 0.15) is 5.52 Å². The highest BCUT2D eigenvalue weighted by molar-refractivity contribution is 6.11. The summed E-state index contributed by atoms with van der Waals surface area (Å²) in [6, 6.07) is 4.67. The van der Waals surface area contributed by atoms with E-state index in [2.05, 4.69) is 15.3 Å². The SMILES string of the molecule is CCc1ccc(NC(=O)c2cncc3ncn(C)c23)cc1[N+](=O)[O-]. The first-order valence-electron chi connectivity index (χ1n) is 7.35. The lowest BCUT2D eigenvalue weighted by atomic mass is 10.1. The van der Waals surface area contributed by atoms with Gasteiger partial charge < -0.3 is 9.88 Å². The van der Waals surface area contributed by atoms with Crippen molar-refractivity contribution in [3.8, 4) is 0 Å². The van der Waals surface area contributed by atoms with Gasteiger partial charge in [0, 0.05) is 30.6 Å². The minimum absolute atomic E-state index is 0.00725. The third-order valence-electron chi connectivity index (χ3n) is 3.79. The van der Waals surface area contributed by atoms with Crippen LogP contribution in [0.15, 0.2) is 36.9 Å². The third kappa shape index (κ3) is 2.69. The van der Waals surface area contributed by atoms with E-state index >= 15 is 0 Å². The number of aromatic nitrogens is 3. The molecule has 3 rings (SSSR count). The number of aryl methyl sites for hydroxylation is 2. The average Bonchev–Trinajstić information content (AvgIpc) is 2.96. The minimum Gasteiger partial charge on any atom is -0.333 e. The van der Waals surface area contributed by atoms with Crippen LogP contribution in [0.4, 0.5) is 11.4 Å². The van der Waals surface area contributed by atoms with Crippen molar-refractivity contribution in [2.75, 3.05) is 5.32 Å². The van der Waals surface area contributed by atoms with E-state index in [-0.39, 0.29) is 5.69 Å². The fraction of sp³-hybridized carbons (Fsp3) is 0.188. The first kappa shape index (κ1) is 15.6. The molecule has 0 radical (unpaired) electrons. The molecule has 1 amide bonds. The zero-order valence-corrected chi connectivity index (χ0v) is 13.2. The van der Waals surface area contributed by atoms with Crippen LogP contribution in [0.5, 0.6) is 0 Å². The van der Waals surface area contributed by atoms with Crippen LogP contribution in [0.3, 0.4) is 0 Å². The largest absolute Gasteiger partial charge is 0.333 e. The smallest absolute Gasteiger partial charge is 0.274 e. The number of carbonyl (C=O) groups excluding carboxylic acids is 1. The molecule has 2 heterocycles. The number of nitrogens with one attached hydrogen (secondary N) is 1. The van der Waals surface area contributed by atoms with Crippen LogP contribution in [0.1, 0.15) is 22.8 Å². The van der Waals surface area contributed by atoms with Crippen molar-refractivity contribution in [1.82, 2.24) is 14.5 Å². The van der Waals surface area contributed by atoms with Gasteiger partial charge in [-0.1, -0.05) is 13.0 Å². The number of pyridine rings is 1. The number of nitrogens with zero attached hydrogens (tertiary/aromatic N) is 4. The molecule has 3 aromatic rings. The third-order valence-corrected chi connectivity index (χ3v) is 3.79. The molecule has 1 N–H and O–H groups in total. The number of nitro benzene ring substituents is 1. The number of benzene rings is 1. The van der Waals surface area contributed by atoms with Gasteiger partial charge >= 0.3 is 0 Å². The monoisotopic (exact) mass is 325 g/mol. The van der Waals surface area contributed by atoms with Gasteiger partial charge in [-0.2, -0.15) is 0 Å². The lowest BCUT2D eigenvalue weighted by molar-refractivity contribution is -0.385. The molecule has 24 heavy (non-hydrogen) atoms. The van der Waals surface area contributed by atoms with Crippen molar-refractivity contribution in [2.45, 2.75) is 13.3 Å². The maximum absolute atomic E-state index is 12.6. The molecule has 0 spiro atoms. The average molecular weight is 325 g/mol. The van der Waals surface area contributed by atoms with E-state index in [1.165, 1.54) is 12.3 Å². The number of nitro groups is 1. The summed E-state index contributed by atoms with van der Waals surface area (Å²) < 4.78 is 1.73. The number of imidazole rings is 1. The van der Waals surface area contributed by atoms with Crippen molar-refractivity contribution in [2.24, 2.45) is 7.05 Å². The summed E-state index contributed by atoms with van der Waals surface area (Å²) in [5.41, 5.74) is 2.60. The van der Waals surface area contributed by atoms with Gasteiger partial charge in [0.15, 0.2) is 0 Å². The Hall–Kier alpha value is -3.29. The van der Waals surface area contributed by atoms with E-state index < -0.39 is 10.8 Å². The number of rotatable bonds is 4. The molecule has 0 unspecified atom stereocenters. The molecule has 8 nitrogen and oxygen atoms in total. The molecule has 0 aliphatic heterocycles. The summed E-state index contributed by atoms with van der Waals surface area (Å²) in [5, 5.41) is 13.8. The lowest BCUT2D eigenvalue weighted by Gasteiger charge is -2.08. The van der Waals surface area contributed by atoms with Gasteiger partial charge in [0.05, 0.1) is 28.5 Å². The maximum atomic E-state index is 12.6. The Morgan fingerprint density at radius 2 is 2.17 bits per heavy atom. The first-order chi connectivity index (χ1) is 11.5. The van der Waals surface area contributed by atoms with Crippen LogP contribution in [0, 0.1) is 10.1 Å². The van der Waals surface area contributed by atoms with Gasteiger partial charge in [-0.25, -0.2) is 4.98 Å². The number of amides is 1. The van der Waals surface area contributed by atoms with Crippen LogP contribution in [-0.2, 0) is 13.5 Å². The highest BCUT2D eigenvalue weighted by atomic mass is 16.6. The summed E-state index contributed by atoms with van der Waals surface area (Å²) in [7, 11) is 1.78. The highest BCUT2D eigenvalue weighted by Gasteiger charge is 2.17. The Bertz CT molecular complexity index is 948. The van der Waals surface area contributed by atoms with Crippen LogP contribution < -0.4 is 5.32 Å². The van der Waals surface area contributed by atoms with E-state index in [4.69, 9.17) is 0 Å². The molecule has 0 aliphatic rings. The van der Waals surface area contributed by atoms with Crippen LogP contribution in [-0.4, -0.2) is 25.4 Å². The maximum Gasteiger partial charge on any atom is 0.274 e. The Morgan fingerprint density at radius 1 is 1.38 bits per heavy atom. The van der Waals surface area contributed by atoms with E-state index in [9.17, 15) is 14.9 Å². The van der Waals surface area contributed by atoms with E-state index in [0.29, 0.717) is 34.3 Å². The molecule has 0 saturated carbocycles. The van der Waals surface area contributed by atoms with Gasteiger partial charge in [0.25, 0.3) is 11.6 Å². The molecular formula is C16H15N5O3. The molecule has 1 aromatic carbocycles. The zero-order valence-electron chi connectivity index (χ0n) is 13.2. The van der Waals surface area contributed by atoms with Crippen molar-refractivity contribution < 1.29 is 9.72 Å². The number of fused-ring (bicyclic) bond motifs is 1. The molecule has 0 aliphatic carbocycles. The highest BCUT2D eigenvalue weighted by Crippen LogP contribution is 2.24. The Kier molecular flexibility index (Phi) is 3.95. The topological polar surface area (TPSA) is 103 Å². The second-order valence-electron chi connectivity index (χ2n) is 5.32. The molecule has 0 fully saturated rings. The summed E-state index contributed by atoms with van der Waals surface area (Å²) in [6.07, 6.45) is 5.17. The van der Waals surface area contributed by atoms with Crippen molar-refractivity contribution in [1.29, 1.82) is 0 Å². The standard InChI is InChI=1S/C16H15N5O3/c1-3-10-4-5-11(6-14(10)21(23)24)19-16(22)12-7-17-8-13-15(12)20(2)9-18-13/h4-9H,3H2,1-2H3,(H,19,22). The Labute approximate surface area is 137 Å². The molecule has 0 saturated heterocycles. The normalized spacial score (nSPS) is 10.8. The van der Waals surface area contributed by atoms with Crippen molar-refractivity contribution >= 4 is 28.3 Å². The molecule has 0 bridgehead atoms. The van der Waals surface area contributed by atoms with Gasteiger partial charge in [-0.05, 0) is 12.5 Å². The van der Waals surface area contributed by atoms with Gasteiger partial charge in [-0.15, -0.1) is 0 Å². The van der Waals surface area contributed by atoms with Crippen molar-refractivity contribution in [3.05, 3.63) is 58.2 Å². The number of hydrogen-bond donors (Lipinski definition) is 1. The first-order valence-corrected chi connectivity index (χ1v) is 7.35. The number of anilines is 1. The second-order valence-corrected chi connectivity index (χ2v) is 5.32. The van der Waals surface area contributed by atoms with E-state index in [1.807, 2.05) is 6.92 Å². The molecular weight excluding hydrogens is 310 g/mol. The predicted octanol–water partition coefficient (Wildman–Crippen LogP) is 2.69. The number of carbonyl (C=O) groups is 1. The Balaban J connectivity index is 1.96. The summed E-state index contributed by atoms with van der Waals surface area (Å²) in [5.74, 6) is -0.393. The molecule has 2 aromatic heterocycles. The lowest BCUT2D eigenvalue weighted by Crippen LogP contribution is -2.14. The fourth-order valence-corrected chi connectivity index (χ4v) is 2.59. The molecule has 0 atom stereocenters. The van der Waals surface area contributed by atoms with E-state index in [0.717, 1.165) is 0 Å². The quantitative estimate of drug-likeness (QED) is 0.587. The zero-order chi connectivity index (χ0) is 17.3.